The molecule has 0 amide bonds. The van der Waals surface area contributed by atoms with Gasteiger partial charge in [-0.15, -0.1) is 0 Å². The molecule has 1 aliphatic heterocycles. The molecule has 8 heteroatoms. The van der Waals surface area contributed by atoms with E-state index in [1.807, 2.05) is 30.3 Å². The Morgan fingerprint density at radius 3 is 2.39 bits per heavy atom. The maximum Gasteiger partial charge on any atom is 0.243 e. The molecule has 2 aromatic carbocycles. The molecule has 1 fully saturated rings. The van der Waals surface area contributed by atoms with Crippen LogP contribution in [0, 0.1) is 0 Å². The van der Waals surface area contributed by atoms with Gasteiger partial charge in [0.2, 0.25) is 10.0 Å². The Labute approximate surface area is 182 Å². The average Bonchev–Trinajstić information content (AvgIpc) is 2.84. The van der Waals surface area contributed by atoms with Gasteiger partial charge in [-0.1, -0.05) is 48.9 Å². The van der Waals surface area contributed by atoms with Gasteiger partial charge in [0.1, 0.15) is 12.1 Å². The summed E-state index contributed by atoms with van der Waals surface area (Å²) in [5.74, 6) is 0.588. The number of sulfonamides is 1. The van der Waals surface area contributed by atoms with E-state index < -0.39 is 16.1 Å². The first-order valence-electron chi connectivity index (χ1n) is 10.4. The van der Waals surface area contributed by atoms with E-state index in [-0.39, 0.29) is 0 Å². The van der Waals surface area contributed by atoms with Gasteiger partial charge in [-0.2, -0.15) is 4.31 Å². The number of aliphatic hydroxyl groups is 1. The minimum absolute atomic E-state index is 0.302. The summed E-state index contributed by atoms with van der Waals surface area (Å²) >= 11 is 0. The molecule has 4 rings (SSSR count). The Bertz CT molecular complexity index is 1100. The van der Waals surface area contributed by atoms with Crippen molar-refractivity contribution in [1.82, 2.24) is 14.3 Å². The van der Waals surface area contributed by atoms with Crippen LogP contribution < -0.4 is 5.32 Å². The van der Waals surface area contributed by atoms with Gasteiger partial charge in [0.15, 0.2) is 0 Å². The molecule has 0 saturated carbocycles. The maximum atomic E-state index is 12.8. The number of aliphatic hydroxyl groups excluding tert-OH is 1. The zero-order valence-corrected chi connectivity index (χ0v) is 18.0. The van der Waals surface area contributed by atoms with Crippen LogP contribution >= 0.6 is 0 Å². The van der Waals surface area contributed by atoms with Gasteiger partial charge in [0.25, 0.3) is 0 Å². The first-order valence-corrected chi connectivity index (χ1v) is 11.9. The van der Waals surface area contributed by atoms with Crippen molar-refractivity contribution in [2.75, 3.05) is 25.0 Å². The van der Waals surface area contributed by atoms with E-state index in [9.17, 15) is 13.5 Å². The molecule has 0 spiro atoms. The van der Waals surface area contributed by atoms with E-state index in [4.69, 9.17) is 0 Å². The Hall–Kier alpha value is -2.81. The minimum Gasteiger partial charge on any atom is -0.387 e. The standard InChI is InChI=1S/C23H26N4O3S/c28-22(19-7-3-1-4-8-19)16-24-23-15-21(25-17-26-23)18-9-11-20(12-10-18)31(29,30)27-13-5-2-6-14-27/h1,3-4,7-12,15,17,22,28H,2,5-6,13-14,16H2,(H,24,25,26). The quantitative estimate of drug-likeness (QED) is 0.587. The zero-order valence-electron chi connectivity index (χ0n) is 17.2. The van der Waals surface area contributed by atoms with E-state index in [1.165, 1.54) is 6.33 Å². The molecule has 1 unspecified atom stereocenters. The summed E-state index contributed by atoms with van der Waals surface area (Å²) in [5.41, 5.74) is 2.30. The minimum atomic E-state index is -3.45. The number of nitrogens with zero attached hydrogens (tertiary/aromatic N) is 3. The van der Waals surface area contributed by atoms with Crippen molar-refractivity contribution < 1.29 is 13.5 Å². The highest BCUT2D eigenvalue weighted by Crippen LogP contribution is 2.25. The van der Waals surface area contributed by atoms with Crippen molar-refractivity contribution in [3.05, 3.63) is 72.6 Å². The number of benzene rings is 2. The van der Waals surface area contributed by atoms with Crippen molar-refractivity contribution >= 4 is 15.8 Å². The van der Waals surface area contributed by atoms with E-state index in [2.05, 4.69) is 15.3 Å². The average molecular weight is 439 g/mol. The lowest BCUT2D eigenvalue weighted by Crippen LogP contribution is -2.35. The van der Waals surface area contributed by atoms with Crippen LogP contribution in [-0.4, -0.2) is 47.4 Å². The lowest BCUT2D eigenvalue weighted by molar-refractivity contribution is 0.191. The summed E-state index contributed by atoms with van der Waals surface area (Å²) in [6, 6.07) is 18.0. The zero-order chi connectivity index (χ0) is 21.7. The van der Waals surface area contributed by atoms with E-state index in [1.54, 1.807) is 34.6 Å². The number of piperidine rings is 1. The SMILES string of the molecule is O=S(=O)(c1ccc(-c2cc(NCC(O)c3ccccc3)ncn2)cc1)N1CCCCC1. The van der Waals surface area contributed by atoms with Crippen molar-refractivity contribution in [3.63, 3.8) is 0 Å². The van der Waals surface area contributed by atoms with Crippen LogP contribution in [-0.2, 0) is 10.0 Å². The summed E-state index contributed by atoms with van der Waals surface area (Å²) in [6.07, 6.45) is 3.70. The molecule has 0 aliphatic carbocycles. The third-order valence-electron chi connectivity index (χ3n) is 5.43. The van der Waals surface area contributed by atoms with Crippen LogP contribution in [0.1, 0.15) is 30.9 Å². The Kier molecular flexibility index (Phi) is 6.60. The first kappa shape index (κ1) is 21.4. The molecule has 3 aromatic rings. The molecule has 31 heavy (non-hydrogen) atoms. The van der Waals surface area contributed by atoms with Crippen molar-refractivity contribution in [2.24, 2.45) is 0 Å². The summed E-state index contributed by atoms with van der Waals surface area (Å²) < 4.78 is 27.2. The van der Waals surface area contributed by atoms with Crippen LogP contribution in [0.5, 0.6) is 0 Å². The Morgan fingerprint density at radius 1 is 0.968 bits per heavy atom. The van der Waals surface area contributed by atoms with Crippen LogP contribution in [0.4, 0.5) is 5.82 Å². The lowest BCUT2D eigenvalue weighted by Gasteiger charge is -2.25. The molecule has 2 N–H and O–H groups in total. The highest BCUT2D eigenvalue weighted by Gasteiger charge is 2.25. The number of nitrogens with one attached hydrogen (secondary N) is 1. The Morgan fingerprint density at radius 2 is 1.68 bits per heavy atom. The number of hydrogen-bond acceptors (Lipinski definition) is 6. The molecular weight excluding hydrogens is 412 g/mol. The lowest BCUT2D eigenvalue weighted by atomic mass is 10.1. The molecule has 1 atom stereocenters. The van der Waals surface area contributed by atoms with Crippen LogP contribution in [0.25, 0.3) is 11.3 Å². The van der Waals surface area contributed by atoms with Gasteiger partial charge in [0, 0.05) is 31.3 Å². The maximum absolute atomic E-state index is 12.8. The van der Waals surface area contributed by atoms with Crippen LogP contribution in [0.15, 0.2) is 71.9 Å². The molecular formula is C23H26N4O3S. The van der Waals surface area contributed by atoms with Crippen molar-refractivity contribution in [2.45, 2.75) is 30.3 Å². The fourth-order valence-corrected chi connectivity index (χ4v) is 5.18. The topological polar surface area (TPSA) is 95.4 Å². The molecule has 2 heterocycles. The smallest absolute Gasteiger partial charge is 0.243 e. The second-order valence-electron chi connectivity index (χ2n) is 7.58. The van der Waals surface area contributed by atoms with Gasteiger partial charge in [0.05, 0.1) is 16.7 Å². The molecule has 7 nitrogen and oxygen atoms in total. The second kappa shape index (κ2) is 9.55. The van der Waals surface area contributed by atoms with Gasteiger partial charge >= 0.3 is 0 Å². The fourth-order valence-electron chi connectivity index (χ4n) is 3.66. The van der Waals surface area contributed by atoms with Crippen LogP contribution in [0.3, 0.4) is 0 Å². The van der Waals surface area contributed by atoms with E-state index >= 15 is 0 Å². The first-order chi connectivity index (χ1) is 15.0. The molecule has 162 valence electrons. The third-order valence-corrected chi connectivity index (χ3v) is 7.34. The van der Waals surface area contributed by atoms with Crippen LogP contribution in [0.2, 0.25) is 0 Å². The van der Waals surface area contributed by atoms with E-state index in [0.29, 0.717) is 36.0 Å². The molecule has 0 radical (unpaired) electrons. The molecule has 0 bridgehead atoms. The summed E-state index contributed by atoms with van der Waals surface area (Å²) in [7, 11) is -3.45. The van der Waals surface area contributed by atoms with Gasteiger partial charge in [-0.3, -0.25) is 0 Å². The number of aromatic nitrogens is 2. The van der Waals surface area contributed by atoms with Gasteiger partial charge < -0.3 is 10.4 Å². The van der Waals surface area contributed by atoms with E-state index in [0.717, 1.165) is 30.4 Å². The Balaban J connectivity index is 1.45. The predicted octanol–water partition coefficient (Wildman–Crippen LogP) is 3.46. The monoisotopic (exact) mass is 438 g/mol. The normalized spacial score (nSPS) is 16.0. The van der Waals surface area contributed by atoms with Gasteiger partial charge in [-0.25, -0.2) is 18.4 Å². The van der Waals surface area contributed by atoms with Gasteiger partial charge in [-0.05, 0) is 30.5 Å². The molecule has 1 saturated heterocycles. The predicted molar refractivity (Wildman–Crippen MR) is 120 cm³/mol. The fraction of sp³-hybridized carbons (Fsp3) is 0.304. The highest BCUT2D eigenvalue weighted by molar-refractivity contribution is 7.89. The largest absolute Gasteiger partial charge is 0.387 e. The summed E-state index contributed by atoms with van der Waals surface area (Å²) in [6.45, 7) is 1.48. The second-order valence-corrected chi connectivity index (χ2v) is 9.52. The number of anilines is 1. The molecule has 1 aromatic heterocycles. The van der Waals surface area contributed by atoms with Crippen molar-refractivity contribution in [3.8, 4) is 11.3 Å². The summed E-state index contributed by atoms with van der Waals surface area (Å²) in [5, 5.41) is 13.4. The van der Waals surface area contributed by atoms with Crippen molar-refractivity contribution in [1.29, 1.82) is 0 Å². The summed E-state index contributed by atoms with van der Waals surface area (Å²) in [4.78, 5) is 8.82. The highest BCUT2D eigenvalue weighted by atomic mass is 32.2. The molecule has 1 aliphatic rings. The number of rotatable bonds is 7. The third kappa shape index (κ3) is 5.10. The number of hydrogen-bond donors (Lipinski definition) is 2.